The first kappa shape index (κ1) is 32.7. The summed E-state index contributed by atoms with van der Waals surface area (Å²) in [4.78, 5) is 19.8. The van der Waals surface area contributed by atoms with E-state index >= 15 is 4.39 Å². The van der Waals surface area contributed by atoms with Crippen LogP contribution in [-0.2, 0) is 14.3 Å². The molecule has 1 saturated heterocycles. The fourth-order valence-electron chi connectivity index (χ4n) is 6.44. The second-order valence-electron chi connectivity index (χ2n) is 13.9. The number of aliphatic carboxylic acids is 1. The van der Waals surface area contributed by atoms with Gasteiger partial charge >= 0.3 is 5.97 Å². The molecule has 3 aliphatic heterocycles. The molecule has 9 nitrogen and oxygen atoms in total. The summed E-state index contributed by atoms with van der Waals surface area (Å²) in [7, 11) is 0. The van der Waals surface area contributed by atoms with Gasteiger partial charge in [0.2, 0.25) is 0 Å². The van der Waals surface area contributed by atoms with E-state index in [4.69, 9.17) is 24.3 Å². The van der Waals surface area contributed by atoms with Crippen LogP contribution in [-0.4, -0.2) is 62.7 Å². The molecule has 0 amide bonds. The molecule has 2 atom stereocenters. The van der Waals surface area contributed by atoms with Crippen LogP contribution in [0.4, 0.5) is 10.2 Å². The fourth-order valence-corrected chi connectivity index (χ4v) is 6.44. The van der Waals surface area contributed by atoms with E-state index in [1.165, 1.54) is 6.07 Å². The topological polar surface area (TPSA) is 98.4 Å². The molecule has 7 rings (SSSR count). The normalized spacial score (nSPS) is 21.4. The number of nitrogens with zero attached hydrogens (tertiary/aromatic N) is 4. The number of carbonyl (C=O) groups is 1. The Bertz CT molecular complexity index is 1850. The first-order valence-electron chi connectivity index (χ1n) is 16.2. The van der Waals surface area contributed by atoms with Crippen molar-refractivity contribution in [3.8, 4) is 28.1 Å². The van der Waals surface area contributed by atoms with Crippen molar-refractivity contribution < 1.29 is 28.5 Å². The van der Waals surface area contributed by atoms with E-state index in [2.05, 4.69) is 11.8 Å². The van der Waals surface area contributed by atoms with Crippen molar-refractivity contribution in [3.63, 3.8) is 0 Å². The van der Waals surface area contributed by atoms with E-state index < -0.39 is 17.7 Å². The summed E-state index contributed by atoms with van der Waals surface area (Å²) in [5.41, 5.74) is 3.64. The second kappa shape index (κ2) is 12.4. The lowest BCUT2D eigenvalue weighted by Crippen LogP contribution is -2.45. The molecule has 1 fully saturated rings. The third-order valence-corrected chi connectivity index (χ3v) is 8.78. The van der Waals surface area contributed by atoms with Gasteiger partial charge in [-0.2, -0.15) is 9.61 Å². The Labute approximate surface area is 275 Å². The molecule has 0 radical (unpaired) electrons. The van der Waals surface area contributed by atoms with E-state index in [9.17, 15) is 9.90 Å². The Balaban J connectivity index is 1.58. The van der Waals surface area contributed by atoms with Crippen LogP contribution in [0.1, 0.15) is 70.4 Å². The number of piperidine rings is 1. The summed E-state index contributed by atoms with van der Waals surface area (Å²) in [6.45, 7) is 14.8. The van der Waals surface area contributed by atoms with Crippen LogP contribution in [0, 0.1) is 19.7 Å². The highest BCUT2D eigenvalue weighted by Crippen LogP contribution is 2.40. The van der Waals surface area contributed by atoms with Crippen molar-refractivity contribution in [1.29, 1.82) is 0 Å². The Morgan fingerprint density at radius 2 is 1.85 bits per heavy atom. The number of aromatic nitrogens is 3. The molecule has 3 aliphatic rings. The van der Waals surface area contributed by atoms with Crippen LogP contribution in [0.5, 0.6) is 5.75 Å². The molecule has 4 aromatic rings. The van der Waals surface area contributed by atoms with Gasteiger partial charge in [0.15, 0.2) is 11.8 Å². The van der Waals surface area contributed by atoms with Crippen LogP contribution in [0.15, 0.2) is 54.6 Å². The molecule has 0 aliphatic carbocycles. The van der Waals surface area contributed by atoms with Crippen molar-refractivity contribution >= 4 is 17.4 Å². The standard InChI is InChI=1S/C37H43FN4O5/c1-22-18-27(38)32-26-12-8-11-25(20-26)28-21-30-39-24(3)31(33(35(43)44)47-36(4,5)6)34(42(30)40-28)41-15-13-37(7,14-16-41)45-17-9-10-23(2)46-29(32)19-22/h8-12,18-21,23,33H,13-17H2,1-7H3,(H,43,44)/b10-9+/t23-,33-/m0/s1. The highest BCUT2D eigenvalue weighted by molar-refractivity contribution is 5.80. The zero-order valence-electron chi connectivity index (χ0n) is 28.1. The zero-order valence-corrected chi connectivity index (χ0v) is 28.1. The molecular weight excluding hydrogens is 599 g/mol. The van der Waals surface area contributed by atoms with Gasteiger partial charge in [-0.05, 0) is 96.7 Å². The number of hydrogen-bond donors (Lipinski definition) is 1. The van der Waals surface area contributed by atoms with Gasteiger partial charge in [0.05, 0.1) is 34.6 Å². The van der Waals surface area contributed by atoms with Crippen LogP contribution in [0.25, 0.3) is 28.0 Å². The first-order chi connectivity index (χ1) is 22.2. The van der Waals surface area contributed by atoms with E-state index in [-0.39, 0.29) is 17.5 Å². The monoisotopic (exact) mass is 642 g/mol. The van der Waals surface area contributed by atoms with Crippen molar-refractivity contribution in [2.75, 3.05) is 24.6 Å². The quantitative estimate of drug-likeness (QED) is 0.230. The third kappa shape index (κ3) is 6.75. The molecule has 6 bridgehead atoms. The molecule has 1 N–H and O–H groups in total. The van der Waals surface area contributed by atoms with Crippen molar-refractivity contribution in [3.05, 3.63) is 77.3 Å². The largest absolute Gasteiger partial charge is 0.486 e. The molecule has 0 saturated carbocycles. The van der Waals surface area contributed by atoms with E-state index in [1.54, 1.807) is 4.52 Å². The lowest BCUT2D eigenvalue weighted by Gasteiger charge is -2.41. The van der Waals surface area contributed by atoms with Gasteiger partial charge in [-0.25, -0.2) is 14.2 Å². The maximum atomic E-state index is 15.7. The van der Waals surface area contributed by atoms with Gasteiger partial charge in [-0.15, -0.1) is 0 Å². The summed E-state index contributed by atoms with van der Waals surface area (Å²) >= 11 is 0. The Morgan fingerprint density at radius 1 is 1.13 bits per heavy atom. The van der Waals surface area contributed by atoms with Crippen LogP contribution >= 0.6 is 0 Å². The highest BCUT2D eigenvalue weighted by atomic mass is 19.1. The number of aryl methyl sites for hydroxylation is 2. The predicted molar refractivity (Wildman–Crippen MR) is 180 cm³/mol. The molecule has 248 valence electrons. The number of carboxylic acids is 1. The molecule has 47 heavy (non-hydrogen) atoms. The molecule has 0 unspecified atom stereocenters. The SMILES string of the molecule is Cc1cc(F)c2c(c1)O[C@@H](C)/C=C/COC1(C)CCN(CC1)c1c([C@H](OC(C)(C)C)C(=O)O)c(C)nc3cc(nn13)-c1cccc-2c1. The van der Waals surface area contributed by atoms with Crippen LogP contribution in [0.3, 0.4) is 0 Å². The van der Waals surface area contributed by atoms with Gasteiger partial charge in [0, 0.05) is 30.4 Å². The molecule has 0 spiro atoms. The van der Waals surface area contributed by atoms with Gasteiger partial charge in [-0.3, -0.25) is 0 Å². The Morgan fingerprint density at radius 3 is 2.55 bits per heavy atom. The average molecular weight is 643 g/mol. The maximum absolute atomic E-state index is 15.7. The number of benzene rings is 2. The summed E-state index contributed by atoms with van der Waals surface area (Å²) < 4.78 is 36.3. The fraction of sp³-hybridized carbons (Fsp3) is 0.432. The van der Waals surface area contributed by atoms with Crippen molar-refractivity contribution in [2.24, 2.45) is 0 Å². The molecule has 10 heteroatoms. The lowest BCUT2D eigenvalue weighted by atomic mass is 9.92. The number of fused-ring (bicyclic) bond motifs is 6. The summed E-state index contributed by atoms with van der Waals surface area (Å²) in [5, 5.41) is 15.5. The Hall–Kier alpha value is -4.28. The summed E-state index contributed by atoms with van der Waals surface area (Å²) in [6.07, 6.45) is 3.73. The lowest BCUT2D eigenvalue weighted by molar-refractivity contribution is -0.160. The predicted octanol–water partition coefficient (Wildman–Crippen LogP) is 7.47. The zero-order chi connectivity index (χ0) is 33.7. The highest BCUT2D eigenvalue weighted by Gasteiger charge is 2.38. The molecular formula is C37H43FN4O5. The number of carboxylic acid groups (broad SMARTS) is 1. The minimum Gasteiger partial charge on any atom is -0.486 e. The number of anilines is 1. The first-order valence-corrected chi connectivity index (χ1v) is 16.2. The van der Waals surface area contributed by atoms with Crippen molar-refractivity contribution in [2.45, 2.75) is 84.7 Å². The van der Waals surface area contributed by atoms with Gasteiger partial charge in [0.1, 0.15) is 23.5 Å². The van der Waals surface area contributed by atoms with Crippen LogP contribution in [0.2, 0.25) is 0 Å². The third-order valence-electron chi connectivity index (χ3n) is 8.78. The van der Waals surface area contributed by atoms with Gasteiger partial charge in [-0.1, -0.05) is 24.3 Å². The van der Waals surface area contributed by atoms with Gasteiger partial charge < -0.3 is 24.2 Å². The smallest absolute Gasteiger partial charge is 0.337 e. The molecule has 2 aromatic heterocycles. The number of rotatable bonds is 3. The Kier molecular flexibility index (Phi) is 8.61. The number of ether oxygens (including phenoxy) is 3. The second-order valence-corrected chi connectivity index (χ2v) is 13.9. The average Bonchev–Trinajstić information content (AvgIpc) is 3.41. The number of halogens is 1. The van der Waals surface area contributed by atoms with E-state index in [1.807, 2.05) is 90.1 Å². The number of hydrogen-bond acceptors (Lipinski definition) is 7. The van der Waals surface area contributed by atoms with E-state index in [0.717, 1.165) is 24.0 Å². The van der Waals surface area contributed by atoms with Gasteiger partial charge in [0.25, 0.3) is 0 Å². The molecule has 2 aromatic carbocycles. The van der Waals surface area contributed by atoms with Crippen molar-refractivity contribution in [1.82, 2.24) is 14.6 Å². The molecule has 5 heterocycles. The summed E-state index contributed by atoms with van der Waals surface area (Å²) in [5.74, 6) is -0.384. The van der Waals surface area contributed by atoms with Crippen LogP contribution < -0.4 is 9.64 Å². The van der Waals surface area contributed by atoms with E-state index in [0.29, 0.717) is 65.0 Å². The maximum Gasteiger partial charge on any atom is 0.337 e. The summed E-state index contributed by atoms with van der Waals surface area (Å²) in [6, 6.07) is 12.8. The minimum absolute atomic E-state index is 0.320. The minimum atomic E-state index is -1.26.